The topological polar surface area (TPSA) is 123 Å². The fourth-order valence-corrected chi connectivity index (χ4v) is 1.97. The number of hydrogen-bond donors (Lipinski definition) is 4. The van der Waals surface area contributed by atoms with Crippen molar-refractivity contribution >= 4 is 5.97 Å². The number of aromatic nitrogens is 1. The molecule has 1 aromatic carbocycles. The van der Waals surface area contributed by atoms with E-state index in [1.807, 2.05) is 0 Å². The van der Waals surface area contributed by atoms with Gasteiger partial charge in [-0.2, -0.15) is 4.39 Å². The molecule has 0 aliphatic rings. The Bertz CT molecular complexity index is 777. The predicted octanol–water partition coefficient (Wildman–Crippen LogP) is 1.25. The number of nitrogens with two attached hydrogens (primary N) is 2. The number of ether oxygens (including phenoxy) is 1. The van der Waals surface area contributed by atoms with Gasteiger partial charge in [-0.3, -0.25) is 5.43 Å². The monoisotopic (exact) mass is 318 g/mol. The van der Waals surface area contributed by atoms with Crippen molar-refractivity contribution in [2.75, 3.05) is 0 Å². The van der Waals surface area contributed by atoms with Gasteiger partial charge in [-0.05, 0) is 42.3 Å². The minimum Gasteiger partial charge on any atom is -0.476 e. The third-order valence-corrected chi connectivity index (χ3v) is 3.07. The lowest BCUT2D eigenvalue weighted by Gasteiger charge is -2.13. The van der Waals surface area contributed by atoms with Crippen LogP contribution >= 0.6 is 0 Å². The number of nitrogens with one attached hydrogen (secondary N) is 1. The molecule has 0 aliphatic carbocycles. The van der Waals surface area contributed by atoms with Gasteiger partial charge in [-0.25, -0.2) is 15.6 Å². The van der Waals surface area contributed by atoms with Crippen LogP contribution in [-0.2, 0) is 4.79 Å². The van der Waals surface area contributed by atoms with Crippen molar-refractivity contribution in [1.29, 1.82) is 0 Å². The number of pyridine rings is 1. The third kappa shape index (κ3) is 3.55. The number of carboxylic acids is 1. The lowest BCUT2D eigenvalue weighted by molar-refractivity contribution is -0.132. The van der Waals surface area contributed by atoms with E-state index in [2.05, 4.69) is 10.4 Å². The number of aliphatic carboxylic acids is 1. The standard InChI is InChI=1S/C15H15FN4O3/c1-8-7-9(23-14(20-18)12(17)15(21)22)4-5-10(8)11-3-2-6-19-13(11)16/h2-7,20H,17-18H2,1H3,(H,21,22)/b14-12+. The van der Waals surface area contributed by atoms with E-state index < -0.39 is 17.6 Å². The van der Waals surface area contributed by atoms with Gasteiger partial charge in [0, 0.05) is 11.8 Å². The molecule has 0 radical (unpaired) electrons. The van der Waals surface area contributed by atoms with E-state index in [0.29, 0.717) is 22.4 Å². The van der Waals surface area contributed by atoms with Crippen molar-refractivity contribution < 1.29 is 19.0 Å². The van der Waals surface area contributed by atoms with E-state index in [1.54, 1.807) is 37.3 Å². The number of nitrogens with zero attached hydrogens (tertiary/aromatic N) is 1. The second kappa shape index (κ2) is 6.75. The van der Waals surface area contributed by atoms with Gasteiger partial charge < -0.3 is 15.6 Å². The van der Waals surface area contributed by atoms with E-state index in [1.165, 1.54) is 6.20 Å². The minimum absolute atomic E-state index is 0.294. The van der Waals surface area contributed by atoms with Gasteiger partial charge in [0.2, 0.25) is 11.8 Å². The number of rotatable bonds is 5. The second-order valence-electron chi connectivity index (χ2n) is 4.61. The highest BCUT2D eigenvalue weighted by atomic mass is 19.1. The van der Waals surface area contributed by atoms with Crippen LogP contribution in [0.4, 0.5) is 4.39 Å². The normalized spacial score (nSPS) is 11.6. The summed E-state index contributed by atoms with van der Waals surface area (Å²) in [7, 11) is 0. The highest BCUT2D eigenvalue weighted by Crippen LogP contribution is 2.28. The van der Waals surface area contributed by atoms with Crippen LogP contribution < -0.4 is 21.7 Å². The molecule has 0 saturated carbocycles. The molecule has 23 heavy (non-hydrogen) atoms. The summed E-state index contributed by atoms with van der Waals surface area (Å²) in [6, 6.07) is 8.03. The summed E-state index contributed by atoms with van der Waals surface area (Å²) in [6.45, 7) is 1.76. The number of carboxylic acid groups (broad SMARTS) is 1. The van der Waals surface area contributed by atoms with Gasteiger partial charge in [0.05, 0.1) is 0 Å². The van der Waals surface area contributed by atoms with E-state index in [-0.39, 0.29) is 5.88 Å². The van der Waals surface area contributed by atoms with Gasteiger partial charge in [0.1, 0.15) is 5.75 Å². The van der Waals surface area contributed by atoms with Crippen LogP contribution in [0.5, 0.6) is 5.75 Å². The van der Waals surface area contributed by atoms with Crippen molar-refractivity contribution in [2.24, 2.45) is 11.6 Å². The first-order valence-corrected chi connectivity index (χ1v) is 6.53. The predicted molar refractivity (Wildman–Crippen MR) is 81.2 cm³/mol. The van der Waals surface area contributed by atoms with Crippen molar-refractivity contribution in [2.45, 2.75) is 6.92 Å². The maximum atomic E-state index is 13.8. The lowest BCUT2D eigenvalue weighted by Crippen LogP contribution is -2.31. The summed E-state index contributed by atoms with van der Waals surface area (Å²) in [4.78, 5) is 14.4. The molecule has 7 nitrogen and oxygen atoms in total. The number of aryl methyl sites for hydroxylation is 1. The first-order valence-electron chi connectivity index (χ1n) is 6.53. The molecule has 0 bridgehead atoms. The summed E-state index contributed by atoms with van der Waals surface area (Å²) in [5, 5.41) is 8.83. The Morgan fingerprint density at radius 3 is 2.65 bits per heavy atom. The largest absolute Gasteiger partial charge is 0.476 e. The molecule has 0 fully saturated rings. The van der Waals surface area contributed by atoms with E-state index in [4.69, 9.17) is 21.4 Å². The number of halogens is 1. The van der Waals surface area contributed by atoms with Gasteiger partial charge in [0.25, 0.3) is 0 Å². The summed E-state index contributed by atoms with van der Waals surface area (Å²) < 4.78 is 19.1. The van der Waals surface area contributed by atoms with Crippen molar-refractivity contribution in [3.8, 4) is 16.9 Å². The minimum atomic E-state index is -1.37. The summed E-state index contributed by atoms with van der Waals surface area (Å²) in [5.74, 6) is 3.26. The maximum absolute atomic E-state index is 13.8. The molecule has 0 amide bonds. The molecule has 120 valence electrons. The fraction of sp³-hybridized carbons (Fsp3) is 0.0667. The SMILES string of the molecule is Cc1cc(O/C(NN)=C(/N)C(=O)O)ccc1-c1cccnc1F. The molecular formula is C15H15FN4O3. The smallest absolute Gasteiger partial charge is 0.357 e. The van der Waals surface area contributed by atoms with Crippen molar-refractivity contribution in [1.82, 2.24) is 10.4 Å². The average molecular weight is 318 g/mol. The number of hydrazine groups is 1. The van der Waals surface area contributed by atoms with Gasteiger partial charge in [-0.1, -0.05) is 6.07 Å². The van der Waals surface area contributed by atoms with Crippen LogP contribution in [0, 0.1) is 12.9 Å². The lowest BCUT2D eigenvalue weighted by atomic mass is 10.0. The molecule has 0 saturated heterocycles. The van der Waals surface area contributed by atoms with Gasteiger partial charge in [-0.15, -0.1) is 0 Å². The summed E-state index contributed by atoms with van der Waals surface area (Å²) in [5.41, 5.74) is 8.58. The number of hydrogen-bond acceptors (Lipinski definition) is 6. The van der Waals surface area contributed by atoms with Crippen LogP contribution in [-0.4, -0.2) is 16.1 Å². The Morgan fingerprint density at radius 2 is 2.09 bits per heavy atom. The zero-order valence-electron chi connectivity index (χ0n) is 12.2. The van der Waals surface area contributed by atoms with E-state index in [0.717, 1.165) is 0 Å². The molecule has 0 atom stereocenters. The third-order valence-electron chi connectivity index (χ3n) is 3.07. The quantitative estimate of drug-likeness (QED) is 0.215. The Morgan fingerprint density at radius 1 is 1.35 bits per heavy atom. The Hall–Kier alpha value is -3.13. The Labute approximate surface area is 131 Å². The number of benzene rings is 1. The van der Waals surface area contributed by atoms with Gasteiger partial charge >= 0.3 is 5.97 Å². The first-order chi connectivity index (χ1) is 10.9. The molecule has 0 unspecified atom stereocenters. The fourth-order valence-electron chi connectivity index (χ4n) is 1.97. The highest BCUT2D eigenvalue weighted by Gasteiger charge is 2.14. The maximum Gasteiger partial charge on any atom is 0.357 e. The van der Waals surface area contributed by atoms with E-state index in [9.17, 15) is 9.18 Å². The zero-order chi connectivity index (χ0) is 17.0. The molecular weight excluding hydrogens is 303 g/mol. The Kier molecular flexibility index (Phi) is 4.77. The molecule has 0 spiro atoms. The van der Waals surface area contributed by atoms with Crippen LogP contribution in [0.15, 0.2) is 48.1 Å². The number of carbonyl (C=O) groups is 1. The van der Waals surface area contributed by atoms with E-state index >= 15 is 0 Å². The summed E-state index contributed by atoms with van der Waals surface area (Å²) >= 11 is 0. The van der Waals surface area contributed by atoms with Crippen LogP contribution in [0.2, 0.25) is 0 Å². The van der Waals surface area contributed by atoms with Crippen LogP contribution in [0.3, 0.4) is 0 Å². The molecule has 1 aromatic heterocycles. The Balaban J connectivity index is 2.35. The summed E-state index contributed by atoms with van der Waals surface area (Å²) in [6.07, 6.45) is 1.37. The molecule has 6 N–H and O–H groups in total. The highest BCUT2D eigenvalue weighted by molar-refractivity contribution is 5.85. The van der Waals surface area contributed by atoms with Crippen molar-refractivity contribution in [3.63, 3.8) is 0 Å². The average Bonchev–Trinajstić information content (AvgIpc) is 2.53. The first kappa shape index (κ1) is 16.2. The second-order valence-corrected chi connectivity index (χ2v) is 4.61. The molecule has 2 rings (SSSR count). The molecule has 8 heteroatoms. The van der Waals surface area contributed by atoms with Crippen LogP contribution in [0.1, 0.15) is 5.56 Å². The molecule has 1 heterocycles. The zero-order valence-corrected chi connectivity index (χ0v) is 12.2. The molecule has 2 aromatic rings. The molecule has 0 aliphatic heterocycles. The van der Waals surface area contributed by atoms with Crippen LogP contribution in [0.25, 0.3) is 11.1 Å². The van der Waals surface area contributed by atoms with Crippen molar-refractivity contribution in [3.05, 3.63) is 59.6 Å². The van der Waals surface area contributed by atoms with Gasteiger partial charge in [0.15, 0.2) is 5.70 Å².